The molecule has 0 unspecified atom stereocenters. The van der Waals surface area contributed by atoms with Crippen molar-refractivity contribution in [1.82, 2.24) is 4.90 Å². The van der Waals surface area contributed by atoms with Crippen molar-refractivity contribution >= 4 is 12.1 Å². The molecular formula is C19H26FNO4. The number of carbonyl (C=O) groups excluding carboxylic acids is 2. The predicted molar refractivity (Wildman–Crippen MR) is 92.1 cm³/mol. The van der Waals surface area contributed by atoms with Crippen molar-refractivity contribution in [1.29, 1.82) is 0 Å². The topological polar surface area (TPSA) is 55.8 Å². The lowest BCUT2D eigenvalue weighted by Crippen LogP contribution is -2.41. The molecular weight excluding hydrogens is 325 g/mol. The van der Waals surface area contributed by atoms with Gasteiger partial charge in [-0.3, -0.25) is 0 Å². The number of ether oxygens (including phenoxy) is 2. The van der Waals surface area contributed by atoms with E-state index in [1.54, 1.807) is 24.0 Å². The van der Waals surface area contributed by atoms with Gasteiger partial charge in [0.1, 0.15) is 11.4 Å². The van der Waals surface area contributed by atoms with Crippen molar-refractivity contribution in [3.8, 4) is 0 Å². The highest BCUT2D eigenvalue weighted by Gasteiger charge is 2.28. The number of likely N-dealkylation sites (tertiary alicyclic amines) is 1. The fourth-order valence-corrected chi connectivity index (χ4v) is 2.90. The Labute approximate surface area is 148 Å². The van der Waals surface area contributed by atoms with E-state index >= 15 is 0 Å². The third kappa shape index (κ3) is 5.18. The van der Waals surface area contributed by atoms with E-state index in [-0.39, 0.29) is 24.2 Å². The Morgan fingerprint density at radius 3 is 2.40 bits per heavy atom. The lowest BCUT2D eigenvalue weighted by Gasteiger charge is -2.33. The molecule has 5 nitrogen and oxygen atoms in total. The zero-order valence-corrected chi connectivity index (χ0v) is 15.3. The summed E-state index contributed by atoms with van der Waals surface area (Å²) in [7, 11) is 0. The Kier molecular flexibility index (Phi) is 6.03. The van der Waals surface area contributed by atoms with E-state index in [1.165, 1.54) is 6.07 Å². The zero-order valence-electron chi connectivity index (χ0n) is 15.3. The van der Waals surface area contributed by atoms with Gasteiger partial charge < -0.3 is 14.4 Å². The van der Waals surface area contributed by atoms with E-state index in [0.717, 1.165) is 0 Å². The molecule has 0 bridgehead atoms. The van der Waals surface area contributed by atoms with Gasteiger partial charge in [0.05, 0.1) is 12.2 Å². The number of esters is 1. The van der Waals surface area contributed by atoms with Crippen LogP contribution in [0, 0.1) is 5.82 Å². The van der Waals surface area contributed by atoms with Crippen LogP contribution in [0.25, 0.3) is 0 Å². The van der Waals surface area contributed by atoms with Gasteiger partial charge >= 0.3 is 12.1 Å². The minimum Gasteiger partial charge on any atom is -0.462 e. The third-order valence-corrected chi connectivity index (χ3v) is 4.10. The van der Waals surface area contributed by atoms with Gasteiger partial charge in [0.2, 0.25) is 0 Å². The molecule has 0 N–H and O–H groups in total. The van der Waals surface area contributed by atoms with E-state index in [1.807, 2.05) is 20.8 Å². The molecule has 1 heterocycles. The van der Waals surface area contributed by atoms with Crippen molar-refractivity contribution in [3.05, 3.63) is 35.1 Å². The number of hydrogen-bond acceptors (Lipinski definition) is 4. The predicted octanol–water partition coefficient (Wildman–Crippen LogP) is 4.12. The first-order valence-electron chi connectivity index (χ1n) is 8.65. The number of amides is 1. The van der Waals surface area contributed by atoms with E-state index in [4.69, 9.17) is 9.47 Å². The second-order valence-electron chi connectivity index (χ2n) is 7.20. The fraction of sp³-hybridized carbons (Fsp3) is 0.579. The highest BCUT2D eigenvalue weighted by atomic mass is 19.1. The van der Waals surface area contributed by atoms with Crippen molar-refractivity contribution in [2.24, 2.45) is 0 Å². The van der Waals surface area contributed by atoms with Crippen LogP contribution >= 0.6 is 0 Å². The molecule has 1 aromatic rings. The molecule has 0 saturated carbocycles. The standard InChI is InChI=1S/C19H26FNO4/c1-5-24-17(22)14-6-7-15(16(20)12-14)13-8-10-21(11-9-13)18(23)25-19(2,3)4/h6-7,12-13H,5,8-11H2,1-4H3. The summed E-state index contributed by atoms with van der Waals surface area (Å²) < 4.78 is 24.7. The first-order valence-corrected chi connectivity index (χ1v) is 8.65. The van der Waals surface area contributed by atoms with Crippen LogP contribution in [0.2, 0.25) is 0 Å². The molecule has 138 valence electrons. The molecule has 1 aliphatic rings. The Morgan fingerprint density at radius 2 is 1.88 bits per heavy atom. The summed E-state index contributed by atoms with van der Waals surface area (Å²) in [4.78, 5) is 25.4. The minimum absolute atomic E-state index is 0.0231. The Morgan fingerprint density at radius 1 is 1.24 bits per heavy atom. The lowest BCUT2D eigenvalue weighted by atomic mass is 9.88. The van der Waals surface area contributed by atoms with Gasteiger partial charge in [-0.25, -0.2) is 14.0 Å². The molecule has 0 atom stereocenters. The largest absolute Gasteiger partial charge is 0.462 e. The number of piperidine rings is 1. The molecule has 1 saturated heterocycles. The molecule has 0 radical (unpaired) electrons. The molecule has 6 heteroatoms. The normalized spacial score (nSPS) is 15.8. The Hall–Kier alpha value is -2.11. The second-order valence-corrected chi connectivity index (χ2v) is 7.20. The van der Waals surface area contributed by atoms with Crippen molar-refractivity contribution < 1.29 is 23.5 Å². The second kappa shape index (κ2) is 7.85. The van der Waals surface area contributed by atoms with Gasteiger partial charge in [-0.05, 0) is 64.2 Å². The SMILES string of the molecule is CCOC(=O)c1ccc(C2CCN(C(=O)OC(C)(C)C)CC2)c(F)c1. The molecule has 1 aliphatic heterocycles. The summed E-state index contributed by atoms with van der Waals surface area (Å²) in [5.74, 6) is -0.899. The first kappa shape index (κ1) is 19.2. The van der Waals surface area contributed by atoms with Crippen LogP contribution < -0.4 is 0 Å². The molecule has 0 aliphatic carbocycles. The third-order valence-electron chi connectivity index (χ3n) is 4.10. The molecule has 1 amide bonds. The zero-order chi connectivity index (χ0) is 18.6. The van der Waals surface area contributed by atoms with Crippen LogP contribution in [-0.4, -0.2) is 42.3 Å². The van der Waals surface area contributed by atoms with Gasteiger partial charge in [-0.1, -0.05) is 6.07 Å². The van der Waals surface area contributed by atoms with Gasteiger partial charge in [0.25, 0.3) is 0 Å². The van der Waals surface area contributed by atoms with E-state index in [0.29, 0.717) is 31.5 Å². The van der Waals surface area contributed by atoms with Gasteiger partial charge in [0.15, 0.2) is 0 Å². The molecule has 0 aromatic heterocycles. The molecule has 1 fully saturated rings. The first-order chi connectivity index (χ1) is 11.7. The summed E-state index contributed by atoms with van der Waals surface area (Å²) in [5.41, 5.74) is 0.273. The molecule has 0 spiro atoms. The Balaban J connectivity index is 1.99. The average molecular weight is 351 g/mol. The Bertz CT molecular complexity index is 631. The smallest absolute Gasteiger partial charge is 0.410 e. The van der Waals surface area contributed by atoms with Crippen molar-refractivity contribution in [2.45, 2.75) is 52.1 Å². The summed E-state index contributed by atoms with van der Waals surface area (Å²) in [5, 5.41) is 0. The summed E-state index contributed by atoms with van der Waals surface area (Å²) in [6, 6.07) is 4.47. The van der Waals surface area contributed by atoms with Gasteiger partial charge in [-0.2, -0.15) is 0 Å². The van der Waals surface area contributed by atoms with Crippen molar-refractivity contribution in [3.63, 3.8) is 0 Å². The number of carbonyl (C=O) groups is 2. The van der Waals surface area contributed by atoms with E-state index in [9.17, 15) is 14.0 Å². The summed E-state index contributed by atoms with van der Waals surface area (Å²) in [6.07, 6.45) is 0.994. The highest BCUT2D eigenvalue weighted by molar-refractivity contribution is 5.89. The molecule has 2 rings (SSSR count). The van der Waals surface area contributed by atoms with Crippen LogP contribution in [0.1, 0.15) is 62.4 Å². The van der Waals surface area contributed by atoms with E-state index in [2.05, 4.69) is 0 Å². The maximum absolute atomic E-state index is 14.4. The fourth-order valence-electron chi connectivity index (χ4n) is 2.90. The van der Waals surface area contributed by atoms with Crippen LogP contribution in [0.4, 0.5) is 9.18 Å². The lowest BCUT2D eigenvalue weighted by molar-refractivity contribution is 0.0204. The maximum Gasteiger partial charge on any atom is 0.410 e. The monoisotopic (exact) mass is 351 g/mol. The van der Waals surface area contributed by atoms with Gasteiger partial charge in [0, 0.05) is 13.1 Å². The summed E-state index contributed by atoms with van der Waals surface area (Å²) in [6.45, 7) is 8.51. The number of benzene rings is 1. The minimum atomic E-state index is -0.525. The highest BCUT2D eigenvalue weighted by Crippen LogP contribution is 2.31. The van der Waals surface area contributed by atoms with Crippen LogP contribution in [0.15, 0.2) is 18.2 Å². The average Bonchev–Trinajstić information content (AvgIpc) is 2.53. The number of nitrogens with zero attached hydrogens (tertiary/aromatic N) is 1. The van der Waals surface area contributed by atoms with Crippen LogP contribution in [-0.2, 0) is 9.47 Å². The maximum atomic E-state index is 14.4. The number of hydrogen-bond donors (Lipinski definition) is 0. The van der Waals surface area contributed by atoms with Crippen LogP contribution in [0.3, 0.4) is 0 Å². The number of halogens is 1. The van der Waals surface area contributed by atoms with Crippen molar-refractivity contribution in [2.75, 3.05) is 19.7 Å². The molecule has 25 heavy (non-hydrogen) atoms. The summed E-state index contributed by atoms with van der Waals surface area (Å²) >= 11 is 0. The van der Waals surface area contributed by atoms with Gasteiger partial charge in [-0.15, -0.1) is 0 Å². The molecule has 1 aromatic carbocycles. The number of rotatable bonds is 3. The van der Waals surface area contributed by atoms with Crippen LogP contribution in [0.5, 0.6) is 0 Å². The quantitative estimate of drug-likeness (QED) is 0.769. The van der Waals surface area contributed by atoms with E-state index < -0.39 is 17.4 Å².